The Morgan fingerprint density at radius 2 is 1.29 bits per heavy atom. The summed E-state index contributed by atoms with van der Waals surface area (Å²) in [5.41, 5.74) is 6.47. The molecule has 3 rings (SSSR count). The third-order valence-electron chi connectivity index (χ3n) is 9.79. The maximum absolute atomic E-state index is 14.0. The Hall–Kier alpha value is -6.13. The molecule has 0 heterocycles. The molecule has 1 fully saturated rings. The highest BCUT2D eigenvalue weighted by Gasteiger charge is 2.35. The number of benzene rings is 2. The average Bonchev–Trinajstić information content (AvgIpc) is 3.18. The highest BCUT2D eigenvalue weighted by atomic mass is 19.1. The van der Waals surface area contributed by atoms with Crippen LogP contribution in [0.2, 0.25) is 0 Å². The van der Waals surface area contributed by atoms with Crippen molar-refractivity contribution in [1.29, 1.82) is 0 Å². The van der Waals surface area contributed by atoms with Gasteiger partial charge in [-0.05, 0) is 60.4 Å². The van der Waals surface area contributed by atoms with E-state index in [1.807, 2.05) is 0 Å². The van der Waals surface area contributed by atoms with E-state index in [1.165, 1.54) is 30.3 Å². The lowest BCUT2D eigenvalue weighted by Gasteiger charge is -2.29. The Kier molecular flexibility index (Phi) is 19.2. The van der Waals surface area contributed by atoms with Crippen molar-refractivity contribution in [1.82, 2.24) is 26.6 Å². The van der Waals surface area contributed by atoms with Crippen molar-refractivity contribution >= 4 is 53.5 Å². The molecule has 0 bridgehead atoms. The summed E-state index contributed by atoms with van der Waals surface area (Å²) >= 11 is 0. The van der Waals surface area contributed by atoms with Crippen LogP contribution in [0, 0.1) is 17.7 Å². The minimum atomic E-state index is -1.73. The highest BCUT2D eigenvalue weighted by Crippen LogP contribution is 2.27. The maximum atomic E-state index is 14.0. The second-order valence-corrected chi connectivity index (χ2v) is 15.2. The minimum absolute atomic E-state index is 0.0268. The van der Waals surface area contributed by atoms with Crippen LogP contribution in [-0.4, -0.2) is 87.8 Å². The van der Waals surface area contributed by atoms with Crippen LogP contribution in [0.15, 0.2) is 60.7 Å². The molecule has 1 saturated carbocycles. The van der Waals surface area contributed by atoms with E-state index < -0.39 is 89.8 Å². The Bertz CT molecular complexity index is 1800. The number of carbonyl (C=O) groups is 8. The molecule has 0 saturated heterocycles. The van der Waals surface area contributed by atoms with E-state index in [0.717, 1.165) is 38.2 Å². The van der Waals surface area contributed by atoms with Crippen molar-refractivity contribution in [2.75, 3.05) is 0 Å². The number of amides is 6. The molecule has 320 valence electrons. The second-order valence-electron chi connectivity index (χ2n) is 15.2. The molecule has 1 aliphatic carbocycles. The van der Waals surface area contributed by atoms with Gasteiger partial charge in [-0.2, -0.15) is 0 Å². The summed E-state index contributed by atoms with van der Waals surface area (Å²) in [4.78, 5) is 104. The first-order valence-corrected chi connectivity index (χ1v) is 19.7. The molecule has 0 spiro atoms. The van der Waals surface area contributed by atoms with Crippen molar-refractivity contribution in [2.24, 2.45) is 17.6 Å². The maximum Gasteiger partial charge on any atom is 0.326 e. The molecule has 6 amide bonds. The number of aliphatic carboxylic acids is 2. The lowest BCUT2D eigenvalue weighted by atomic mass is 9.84. The molecule has 59 heavy (non-hydrogen) atoms. The number of primary amides is 1. The molecule has 1 aliphatic rings. The van der Waals surface area contributed by atoms with Gasteiger partial charge in [-0.25, -0.2) is 9.18 Å². The summed E-state index contributed by atoms with van der Waals surface area (Å²) in [5, 5.41) is 32.1. The first kappa shape index (κ1) is 47.2. The Balaban J connectivity index is 1.82. The SMILES string of the molecule is CC(C)C[C@H](NC(=O)[C@H](CC(=O)O)NC(=O)[C@H](CC1CCCCC1)NC(=O)[C@H](CCC(N)=O)NC(=O)/C=C/c1ccc(F)cc1)C(=O)N[C@@H](Cc1ccccc1)C(=O)O. The smallest absolute Gasteiger partial charge is 0.326 e. The van der Waals surface area contributed by atoms with Gasteiger partial charge in [0.2, 0.25) is 35.4 Å². The number of halogens is 1. The lowest BCUT2D eigenvalue weighted by Crippen LogP contribution is -2.59. The number of nitrogens with two attached hydrogens (primary N) is 1. The van der Waals surface area contributed by atoms with Gasteiger partial charge in [-0.3, -0.25) is 33.6 Å². The van der Waals surface area contributed by atoms with E-state index in [4.69, 9.17) is 5.73 Å². The minimum Gasteiger partial charge on any atom is -0.481 e. The van der Waals surface area contributed by atoms with Crippen LogP contribution in [0.25, 0.3) is 6.08 Å². The molecule has 5 atom stereocenters. The normalized spacial score (nSPS) is 15.5. The third kappa shape index (κ3) is 17.5. The van der Waals surface area contributed by atoms with Gasteiger partial charge in [-0.1, -0.05) is 88.4 Å². The van der Waals surface area contributed by atoms with Crippen LogP contribution in [0.4, 0.5) is 4.39 Å². The fourth-order valence-corrected chi connectivity index (χ4v) is 6.73. The van der Waals surface area contributed by atoms with Crippen LogP contribution >= 0.6 is 0 Å². The van der Waals surface area contributed by atoms with E-state index in [9.17, 15) is 53.0 Å². The summed E-state index contributed by atoms with van der Waals surface area (Å²) in [6.45, 7) is 3.53. The summed E-state index contributed by atoms with van der Waals surface area (Å²) in [5.74, 6) is -8.54. The van der Waals surface area contributed by atoms with Gasteiger partial charge in [0.25, 0.3) is 0 Å². The molecule has 0 aromatic heterocycles. The summed E-state index contributed by atoms with van der Waals surface area (Å²) in [6.07, 6.45) is 5.38. The summed E-state index contributed by atoms with van der Waals surface area (Å²) in [7, 11) is 0. The molecule has 0 radical (unpaired) electrons. The first-order chi connectivity index (χ1) is 28.0. The number of carboxylic acids is 2. The Labute approximate surface area is 342 Å². The zero-order valence-corrected chi connectivity index (χ0v) is 33.3. The van der Waals surface area contributed by atoms with Crippen LogP contribution in [0.3, 0.4) is 0 Å². The quantitative estimate of drug-likeness (QED) is 0.0759. The molecule has 0 aliphatic heterocycles. The lowest BCUT2D eigenvalue weighted by molar-refractivity contribution is -0.143. The first-order valence-electron chi connectivity index (χ1n) is 19.7. The largest absolute Gasteiger partial charge is 0.481 e. The van der Waals surface area contributed by atoms with Crippen LogP contribution < -0.4 is 32.3 Å². The van der Waals surface area contributed by atoms with Crippen molar-refractivity contribution in [2.45, 2.75) is 115 Å². The number of rotatable bonds is 23. The molecule has 2 aromatic carbocycles. The van der Waals surface area contributed by atoms with E-state index in [1.54, 1.807) is 44.2 Å². The predicted molar refractivity (Wildman–Crippen MR) is 214 cm³/mol. The van der Waals surface area contributed by atoms with Gasteiger partial charge in [0.15, 0.2) is 0 Å². The standard InChI is InChI=1S/C42H55FN6O10/c1-25(2)21-31(39(55)49-34(42(58)59)23-28-11-7-4-8-12-28)46-41(57)33(24-37(52)53)48-40(56)32(22-27-9-5-3-6-10-27)47-38(54)30(18-19-35(44)50)45-36(51)20-15-26-13-16-29(43)17-14-26/h4,7-8,11-17,20,25,27,30-34H,3,5-6,9-10,18-19,21-24H2,1-2H3,(H2,44,50)(H,45,51)(H,46,57)(H,47,54)(H,48,56)(H,49,55)(H,52,53)(H,58,59)/b20-15+/t30-,31-,32-,33-,34-/m0/s1. The van der Waals surface area contributed by atoms with Crippen LogP contribution in [0.1, 0.15) is 89.2 Å². The summed E-state index contributed by atoms with van der Waals surface area (Å²) < 4.78 is 13.3. The van der Waals surface area contributed by atoms with Crippen molar-refractivity contribution in [3.8, 4) is 0 Å². The molecule has 0 unspecified atom stereocenters. The number of nitrogens with one attached hydrogen (secondary N) is 5. The van der Waals surface area contributed by atoms with Gasteiger partial charge >= 0.3 is 11.9 Å². The Morgan fingerprint density at radius 3 is 1.88 bits per heavy atom. The zero-order valence-electron chi connectivity index (χ0n) is 33.3. The third-order valence-corrected chi connectivity index (χ3v) is 9.79. The van der Waals surface area contributed by atoms with E-state index in [0.29, 0.717) is 11.1 Å². The summed E-state index contributed by atoms with van der Waals surface area (Å²) in [6, 6.07) is 6.82. The highest BCUT2D eigenvalue weighted by molar-refractivity contribution is 5.98. The number of hydrogen-bond donors (Lipinski definition) is 8. The van der Waals surface area contributed by atoms with Crippen molar-refractivity contribution in [3.05, 3.63) is 77.6 Å². The van der Waals surface area contributed by atoms with Gasteiger partial charge < -0.3 is 42.5 Å². The fourth-order valence-electron chi connectivity index (χ4n) is 6.73. The van der Waals surface area contributed by atoms with Crippen molar-refractivity contribution < 1.29 is 53.0 Å². The van der Waals surface area contributed by atoms with E-state index in [2.05, 4.69) is 26.6 Å². The number of carbonyl (C=O) groups excluding carboxylic acids is 6. The average molecular weight is 823 g/mol. The number of hydrogen-bond acceptors (Lipinski definition) is 8. The molecular formula is C42H55FN6O10. The van der Waals surface area contributed by atoms with Gasteiger partial charge in [-0.15, -0.1) is 0 Å². The van der Waals surface area contributed by atoms with Crippen molar-refractivity contribution in [3.63, 3.8) is 0 Å². The van der Waals surface area contributed by atoms with Crippen LogP contribution in [0.5, 0.6) is 0 Å². The monoisotopic (exact) mass is 822 g/mol. The Morgan fingerprint density at radius 1 is 0.729 bits per heavy atom. The van der Waals surface area contributed by atoms with Gasteiger partial charge in [0, 0.05) is 18.9 Å². The molecule has 2 aromatic rings. The van der Waals surface area contributed by atoms with E-state index >= 15 is 0 Å². The van der Waals surface area contributed by atoms with Crippen LogP contribution in [-0.2, 0) is 44.8 Å². The fraction of sp³-hybridized carbons (Fsp3) is 0.476. The molecular weight excluding hydrogens is 767 g/mol. The predicted octanol–water partition coefficient (Wildman–Crippen LogP) is 2.35. The molecule has 16 nitrogen and oxygen atoms in total. The molecule has 17 heteroatoms. The van der Waals surface area contributed by atoms with Gasteiger partial charge in [0.05, 0.1) is 6.42 Å². The second kappa shape index (κ2) is 23.9. The zero-order chi connectivity index (χ0) is 43.5. The van der Waals surface area contributed by atoms with Gasteiger partial charge in [0.1, 0.15) is 36.0 Å². The number of carboxylic acid groups (broad SMARTS) is 2. The van der Waals surface area contributed by atoms with E-state index in [-0.39, 0.29) is 43.9 Å². The molecule has 9 N–H and O–H groups in total. The topological polar surface area (TPSA) is 263 Å².